The Morgan fingerprint density at radius 3 is 2.85 bits per heavy atom. The normalized spacial score (nSPS) is 9.62. The monoisotopic (exact) mass is 196 g/mol. The van der Waals surface area contributed by atoms with Gasteiger partial charge in [0.1, 0.15) is 5.75 Å². The predicted molar refractivity (Wildman–Crippen MR) is 57.9 cm³/mol. The molecule has 0 unspecified atom stereocenters. The first-order valence-electron chi connectivity index (χ1n) is 4.02. The van der Waals surface area contributed by atoms with Crippen molar-refractivity contribution in [1.29, 1.82) is 0 Å². The molecule has 0 fully saturated rings. The number of phenols is 1. The first-order valence-corrected chi connectivity index (χ1v) is 4.42. The Kier molecular flexibility index (Phi) is 3.08. The Morgan fingerprint density at radius 1 is 1.62 bits per heavy atom. The molecule has 0 atom stereocenters. The van der Waals surface area contributed by atoms with Crippen molar-refractivity contribution in [3.63, 3.8) is 0 Å². The number of aryl methyl sites for hydroxylation is 1. The van der Waals surface area contributed by atoms with Gasteiger partial charge in [-0.25, -0.2) is 0 Å². The number of rotatable bonds is 2. The summed E-state index contributed by atoms with van der Waals surface area (Å²) in [6, 6.07) is 5.05. The molecule has 0 heterocycles. The molecule has 4 N–H and O–H groups in total. The standard InChI is InChI=1S/C9H12N2OS/c1-2-6-5-7(12)3-4-8(6)11-9(10)13/h3-5,12H,2H2,1H3,(H3,10,11,13). The van der Waals surface area contributed by atoms with Crippen LogP contribution in [-0.4, -0.2) is 10.2 Å². The molecule has 0 bridgehead atoms. The number of nitrogens with two attached hydrogens (primary N) is 1. The highest BCUT2D eigenvalue weighted by atomic mass is 32.1. The molecule has 70 valence electrons. The molecular weight excluding hydrogens is 184 g/mol. The van der Waals surface area contributed by atoms with Crippen LogP contribution in [0.5, 0.6) is 5.75 Å². The molecular formula is C9H12N2OS. The summed E-state index contributed by atoms with van der Waals surface area (Å²) < 4.78 is 0. The highest BCUT2D eigenvalue weighted by Gasteiger charge is 2.01. The van der Waals surface area contributed by atoms with Crippen LogP contribution in [0.3, 0.4) is 0 Å². The fraction of sp³-hybridized carbons (Fsp3) is 0.222. The summed E-state index contributed by atoms with van der Waals surface area (Å²) in [5.74, 6) is 0.255. The van der Waals surface area contributed by atoms with Gasteiger partial charge in [0.25, 0.3) is 0 Å². The van der Waals surface area contributed by atoms with Crippen molar-refractivity contribution in [3.05, 3.63) is 23.8 Å². The number of aromatic hydroxyl groups is 1. The molecule has 0 aliphatic rings. The largest absolute Gasteiger partial charge is 0.508 e. The van der Waals surface area contributed by atoms with E-state index in [1.165, 1.54) is 0 Å². The molecule has 0 amide bonds. The average Bonchev–Trinajstić information content (AvgIpc) is 2.07. The van der Waals surface area contributed by atoms with E-state index < -0.39 is 0 Å². The molecule has 13 heavy (non-hydrogen) atoms. The molecule has 1 aromatic carbocycles. The van der Waals surface area contributed by atoms with Gasteiger partial charge in [-0.05, 0) is 42.4 Å². The van der Waals surface area contributed by atoms with Gasteiger partial charge in [-0.15, -0.1) is 0 Å². The smallest absolute Gasteiger partial charge is 0.168 e. The number of phenolic OH excluding ortho intramolecular Hbond substituents is 1. The summed E-state index contributed by atoms with van der Waals surface area (Å²) in [6.07, 6.45) is 0.819. The Labute approximate surface area is 82.6 Å². The molecule has 0 saturated heterocycles. The van der Waals surface area contributed by atoms with Crippen LogP contribution in [-0.2, 0) is 6.42 Å². The second-order valence-electron chi connectivity index (χ2n) is 2.68. The fourth-order valence-corrected chi connectivity index (χ4v) is 1.24. The summed E-state index contributed by atoms with van der Waals surface area (Å²) in [7, 11) is 0. The van der Waals surface area contributed by atoms with Crippen LogP contribution >= 0.6 is 12.2 Å². The van der Waals surface area contributed by atoms with E-state index >= 15 is 0 Å². The molecule has 1 rings (SSSR count). The minimum absolute atomic E-state index is 0.236. The lowest BCUT2D eigenvalue weighted by Crippen LogP contribution is -2.19. The summed E-state index contributed by atoms with van der Waals surface area (Å²) in [5.41, 5.74) is 7.19. The van der Waals surface area contributed by atoms with Gasteiger partial charge in [-0.2, -0.15) is 0 Å². The van der Waals surface area contributed by atoms with Crippen molar-refractivity contribution in [1.82, 2.24) is 0 Å². The number of hydrogen-bond acceptors (Lipinski definition) is 2. The zero-order chi connectivity index (χ0) is 9.84. The summed E-state index contributed by atoms with van der Waals surface area (Å²) >= 11 is 4.72. The average molecular weight is 196 g/mol. The highest BCUT2D eigenvalue weighted by molar-refractivity contribution is 7.80. The number of benzene rings is 1. The zero-order valence-corrected chi connectivity index (χ0v) is 8.19. The number of hydrogen-bond donors (Lipinski definition) is 3. The Morgan fingerprint density at radius 2 is 2.31 bits per heavy atom. The maximum Gasteiger partial charge on any atom is 0.168 e. The molecule has 0 aromatic heterocycles. The van der Waals surface area contributed by atoms with E-state index in [0.717, 1.165) is 17.7 Å². The SMILES string of the molecule is CCc1cc(O)ccc1NC(N)=S. The van der Waals surface area contributed by atoms with Crippen LogP contribution in [0.15, 0.2) is 18.2 Å². The first-order chi connectivity index (χ1) is 6.13. The maximum atomic E-state index is 9.21. The predicted octanol–water partition coefficient (Wildman–Crippen LogP) is 1.61. The molecule has 0 saturated carbocycles. The van der Waals surface area contributed by atoms with E-state index in [4.69, 9.17) is 18.0 Å². The summed E-state index contributed by atoms with van der Waals surface area (Å²) in [4.78, 5) is 0. The molecule has 1 aromatic rings. The van der Waals surface area contributed by atoms with E-state index in [1.807, 2.05) is 6.92 Å². The number of anilines is 1. The topological polar surface area (TPSA) is 58.3 Å². The van der Waals surface area contributed by atoms with E-state index in [1.54, 1.807) is 18.2 Å². The van der Waals surface area contributed by atoms with Crippen molar-refractivity contribution in [2.24, 2.45) is 5.73 Å². The van der Waals surface area contributed by atoms with Crippen molar-refractivity contribution in [2.75, 3.05) is 5.32 Å². The van der Waals surface area contributed by atoms with Crippen molar-refractivity contribution < 1.29 is 5.11 Å². The van der Waals surface area contributed by atoms with Gasteiger partial charge >= 0.3 is 0 Å². The lowest BCUT2D eigenvalue weighted by atomic mass is 10.1. The van der Waals surface area contributed by atoms with Crippen LogP contribution in [0.4, 0.5) is 5.69 Å². The second kappa shape index (κ2) is 4.09. The molecule has 0 radical (unpaired) electrons. The van der Waals surface area contributed by atoms with Gasteiger partial charge in [0.05, 0.1) is 0 Å². The van der Waals surface area contributed by atoms with Gasteiger partial charge in [-0.1, -0.05) is 6.92 Å². The van der Waals surface area contributed by atoms with E-state index in [2.05, 4.69) is 5.32 Å². The van der Waals surface area contributed by atoms with Crippen LogP contribution < -0.4 is 11.1 Å². The van der Waals surface area contributed by atoms with E-state index in [9.17, 15) is 5.11 Å². The van der Waals surface area contributed by atoms with Gasteiger partial charge in [0, 0.05) is 5.69 Å². The van der Waals surface area contributed by atoms with Gasteiger partial charge in [0.15, 0.2) is 5.11 Å². The van der Waals surface area contributed by atoms with Crippen LogP contribution in [0, 0.1) is 0 Å². The lowest BCUT2D eigenvalue weighted by molar-refractivity contribution is 0.474. The first kappa shape index (κ1) is 9.80. The van der Waals surface area contributed by atoms with Gasteiger partial charge in [-0.3, -0.25) is 0 Å². The highest BCUT2D eigenvalue weighted by Crippen LogP contribution is 2.21. The van der Waals surface area contributed by atoms with Crippen molar-refractivity contribution in [2.45, 2.75) is 13.3 Å². The summed E-state index contributed by atoms with van der Waals surface area (Å²) in [5, 5.41) is 12.3. The Bertz CT molecular complexity index is 325. The van der Waals surface area contributed by atoms with Crippen LogP contribution in [0.25, 0.3) is 0 Å². The number of thiocarbonyl (C=S) groups is 1. The van der Waals surface area contributed by atoms with Crippen molar-refractivity contribution in [3.8, 4) is 5.75 Å². The molecule has 3 nitrogen and oxygen atoms in total. The number of nitrogens with one attached hydrogen (secondary N) is 1. The zero-order valence-electron chi connectivity index (χ0n) is 7.37. The quantitative estimate of drug-likeness (QED) is 0.497. The maximum absolute atomic E-state index is 9.21. The Hall–Kier alpha value is -1.29. The van der Waals surface area contributed by atoms with Gasteiger partial charge < -0.3 is 16.2 Å². The molecule has 0 aliphatic carbocycles. The third kappa shape index (κ3) is 2.59. The van der Waals surface area contributed by atoms with E-state index in [0.29, 0.717) is 0 Å². The minimum atomic E-state index is 0.236. The third-order valence-corrected chi connectivity index (χ3v) is 1.83. The van der Waals surface area contributed by atoms with Crippen molar-refractivity contribution >= 4 is 23.0 Å². The van der Waals surface area contributed by atoms with Crippen LogP contribution in [0.1, 0.15) is 12.5 Å². The second-order valence-corrected chi connectivity index (χ2v) is 3.12. The Balaban J connectivity index is 2.99. The lowest BCUT2D eigenvalue weighted by Gasteiger charge is -2.09. The minimum Gasteiger partial charge on any atom is -0.508 e. The van der Waals surface area contributed by atoms with Crippen LogP contribution in [0.2, 0.25) is 0 Å². The fourth-order valence-electron chi connectivity index (χ4n) is 1.13. The van der Waals surface area contributed by atoms with E-state index in [-0.39, 0.29) is 10.9 Å². The molecule has 4 heteroatoms. The molecule has 0 aliphatic heterocycles. The third-order valence-electron chi connectivity index (χ3n) is 1.73. The van der Waals surface area contributed by atoms with Gasteiger partial charge in [0.2, 0.25) is 0 Å². The summed E-state index contributed by atoms with van der Waals surface area (Å²) in [6.45, 7) is 2.00. The molecule has 0 spiro atoms.